The summed E-state index contributed by atoms with van der Waals surface area (Å²) in [5.74, 6) is -1.41. The van der Waals surface area contributed by atoms with Gasteiger partial charge in [-0.1, -0.05) is 50.2 Å². The highest BCUT2D eigenvalue weighted by Crippen LogP contribution is 2.38. The number of benzene rings is 1. The summed E-state index contributed by atoms with van der Waals surface area (Å²) in [5, 5.41) is 10.9. The summed E-state index contributed by atoms with van der Waals surface area (Å²) in [5.41, 5.74) is 1.18. The first kappa shape index (κ1) is 20.7. The van der Waals surface area contributed by atoms with Gasteiger partial charge in [0.15, 0.2) is 0 Å². The third-order valence-electron chi connectivity index (χ3n) is 5.32. The van der Waals surface area contributed by atoms with Crippen LogP contribution in [0.3, 0.4) is 0 Å². The Labute approximate surface area is 171 Å². The average molecular weight is 393 g/mol. The summed E-state index contributed by atoms with van der Waals surface area (Å²) in [6.45, 7) is 7.34. The maximum atomic E-state index is 12.9. The maximum Gasteiger partial charge on any atom is 0.295 e. The number of carbonyl (C=O) groups excluding carboxylic acids is 2. The summed E-state index contributed by atoms with van der Waals surface area (Å²) in [7, 11) is 0. The Morgan fingerprint density at radius 3 is 2.38 bits per heavy atom. The number of carbonyl (C=O) groups is 2. The van der Waals surface area contributed by atoms with E-state index in [1.54, 1.807) is 47.5 Å². The molecule has 3 rings (SSSR count). The standard InChI is InChI=1S/C23H27N3O3/c1-3-25(4-2)15-10-16-26-20(18-13-8-9-14-24-18)19(22(28)23(26)29)21(27)17-11-6-5-7-12-17/h5-9,11-14,20,27H,3-4,10,15-16H2,1-2H3/b21-19+. The van der Waals surface area contributed by atoms with Crippen molar-refractivity contribution in [3.63, 3.8) is 0 Å². The van der Waals surface area contributed by atoms with Gasteiger partial charge in [0.2, 0.25) is 0 Å². The minimum atomic E-state index is -0.687. The molecule has 2 heterocycles. The molecule has 1 aromatic heterocycles. The van der Waals surface area contributed by atoms with Crippen LogP contribution in [0.4, 0.5) is 0 Å². The molecule has 1 aliphatic heterocycles. The number of nitrogens with zero attached hydrogens (tertiary/aromatic N) is 3. The molecule has 2 aromatic rings. The van der Waals surface area contributed by atoms with E-state index < -0.39 is 17.7 Å². The van der Waals surface area contributed by atoms with Gasteiger partial charge in [-0.3, -0.25) is 14.6 Å². The van der Waals surface area contributed by atoms with Gasteiger partial charge in [0.25, 0.3) is 11.7 Å². The monoisotopic (exact) mass is 393 g/mol. The van der Waals surface area contributed by atoms with E-state index in [1.165, 1.54) is 0 Å². The van der Waals surface area contributed by atoms with Crippen LogP contribution < -0.4 is 0 Å². The molecule has 1 aromatic carbocycles. The van der Waals surface area contributed by atoms with Gasteiger partial charge < -0.3 is 14.9 Å². The minimum absolute atomic E-state index is 0.0998. The Bertz CT molecular complexity index is 877. The Balaban J connectivity index is 1.98. The van der Waals surface area contributed by atoms with Gasteiger partial charge in [-0.2, -0.15) is 0 Å². The molecule has 0 bridgehead atoms. The quantitative estimate of drug-likeness (QED) is 0.423. The molecule has 1 N–H and O–H groups in total. The van der Waals surface area contributed by atoms with Gasteiger partial charge >= 0.3 is 0 Å². The average Bonchev–Trinajstić information content (AvgIpc) is 3.02. The van der Waals surface area contributed by atoms with E-state index in [9.17, 15) is 14.7 Å². The fourth-order valence-electron chi connectivity index (χ4n) is 3.71. The van der Waals surface area contributed by atoms with E-state index in [1.807, 2.05) is 12.1 Å². The molecule has 0 spiro atoms. The van der Waals surface area contributed by atoms with E-state index in [-0.39, 0.29) is 11.3 Å². The van der Waals surface area contributed by atoms with Gasteiger partial charge in [-0.25, -0.2) is 0 Å². The number of aliphatic hydroxyl groups is 1. The molecule has 152 valence electrons. The van der Waals surface area contributed by atoms with Crippen LogP contribution in [0.2, 0.25) is 0 Å². The SMILES string of the molecule is CCN(CC)CCCN1C(=O)C(=O)/C(=C(/O)c2ccccc2)C1c1ccccn1. The smallest absolute Gasteiger partial charge is 0.295 e. The number of ketones is 1. The van der Waals surface area contributed by atoms with Crippen LogP contribution >= 0.6 is 0 Å². The van der Waals surface area contributed by atoms with E-state index in [4.69, 9.17) is 0 Å². The Morgan fingerprint density at radius 1 is 1.07 bits per heavy atom. The van der Waals surface area contributed by atoms with E-state index in [0.29, 0.717) is 17.8 Å². The van der Waals surface area contributed by atoms with Crippen molar-refractivity contribution in [1.82, 2.24) is 14.8 Å². The number of amides is 1. The van der Waals surface area contributed by atoms with E-state index >= 15 is 0 Å². The van der Waals surface area contributed by atoms with Crippen molar-refractivity contribution < 1.29 is 14.7 Å². The summed E-state index contributed by atoms with van der Waals surface area (Å²) >= 11 is 0. The molecule has 1 amide bonds. The molecule has 0 saturated carbocycles. The normalized spacial score (nSPS) is 18.6. The topological polar surface area (TPSA) is 73.7 Å². The number of hydrogen-bond donors (Lipinski definition) is 1. The molecular weight excluding hydrogens is 366 g/mol. The lowest BCUT2D eigenvalue weighted by Gasteiger charge is -2.26. The van der Waals surface area contributed by atoms with Crippen molar-refractivity contribution in [2.24, 2.45) is 0 Å². The second-order valence-corrected chi connectivity index (χ2v) is 6.99. The number of hydrogen-bond acceptors (Lipinski definition) is 5. The van der Waals surface area contributed by atoms with Crippen molar-refractivity contribution in [3.8, 4) is 0 Å². The molecule has 0 radical (unpaired) electrons. The first-order valence-corrected chi connectivity index (χ1v) is 10.1. The predicted octanol–water partition coefficient (Wildman–Crippen LogP) is 3.24. The number of likely N-dealkylation sites (tertiary alicyclic amines) is 1. The fraction of sp³-hybridized carbons (Fsp3) is 0.348. The van der Waals surface area contributed by atoms with E-state index in [2.05, 4.69) is 23.7 Å². The third-order valence-corrected chi connectivity index (χ3v) is 5.32. The maximum absolute atomic E-state index is 12.9. The van der Waals surface area contributed by atoms with Crippen molar-refractivity contribution in [1.29, 1.82) is 0 Å². The summed E-state index contributed by atoms with van der Waals surface area (Å²) in [4.78, 5) is 33.9. The van der Waals surface area contributed by atoms with Crippen molar-refractivity contribution in [2.75, 3.05) is 26.2 Å². The highest BCUT2D eigenvalue weighted by atomic mass is 16.3. The minimum Gasteiger partial charge on any atom is -0.507 e. The zero-order valence-electron chi connectivity index (χ0n) is 16.9. The summed E-state index contributed by atoms with van der Waals surface area (Å²) < 4.78 is 0. The first-order chi connectivity index (χ1) is 14.1. The summed E-state index contributed by atoms with van der Waals surface area (Å²) in [6, 6.07) is 13.5. The number of aromatic nitrogens is 1. The molecule has 1 unspecified atom stereocenters. The predicted molar refractivity (Wildman–Crippen MR) is 112 cm³/mol. The Hall–Kier alpha value is -2.99. The lowest BCUT2D eigenvalue weighted by molar-refractivity contribution is -0.140. The van der Waals surface area contributed by atoms with Crippen LogP contribution in [0, 0.1) is 0 Å². The molecule has 1 saturated heterocycles. The lowest BCUT2D eigenvalue weighted by Crippen LogP contribution is -2.33. The molecule has 0 aliphatic carbocycles. The van der Waals surface area contributed by atoms with Crippen LogP contribution in [-0.2, 0) is 9.59 Å². The number of rotatable bonds is 8. The molecule has 29 heavy (non-hydrogen) atoms. The molecule has 1 aliphatic rings. The highest BCUT2D eigenvalue weighted by molar-refractivity contribution is 6.46. The Morgan fingerprint density at radius 2 is 1.76 bits per heavy atom. The molecule has 1 atom stereocenters. The van der Waals surface area contributed by atoms with Crippen molar-refractivity contribution in [2.45, 2.75) is 26.3 Å². The first-order valence-electron chi connectivity index (χ1n) is 10.1. The van der Waals surface area contributed by atoms with Gasteiger partial charge in [-0.15, -0.1) is 0 Å². The Kier molecular flexibility index (Phi) is 6.77. The second kappa shape index (κ2) is 9.47. The zero-order valence-corrected chi connectivity index (χ0v) is 16.9. The van der Waals surface area contributed by atoms with Gasteiger partial charge in [-0.05, 0) is 38.2 Å². The van der Waals surface area contributed by atoms with E-state index in [0.717, 1.165) is 26.1 Å². The van der Waals surface area contributed by atoms with Crippen LogP contribution in [0.25, 0.3) is 5.76 Å². The molecular formula is C23H27N3O3. The van der Waals surface area contributed by atoms with Crippen LogP contribution in [0.5, 0.6) is 0 Å². The number of aliphatic hydroxyl groups excluding tert-OH is 1. The van der Waals surface area contributed by atoms with Crippen LogP contribution in [0.1, 0.15) is 37.6 Å². The van der Waals surface area contributed by atoms with Crippen molar-refractivity contribution >= 4 is 17.4 Å². The molecule has 1 fully saturated rings. The molecule has 6 heteroatoms. The van der Waals surface area contributed by atoms with Gasteiger partial charge in [0, 0.05) is 18.3 Å². The summed E-state index contributed by atoms with van der Waals surface area (Å²) in [6.07, 6.45) is 2.37. The number of pyridine rings is 1. The highest BCUT2D eigenvalue weighted by Gasteiger charge is 2.46. The molecule has 6 nitrogen and oxygen atoms in total. The van der Waals surface area contributed by atoms with Crippen LogP contribution in [0.15, 0.2) is 60.3 Å². The fourth-order valence-corrected chi connectivity index (χ4v) is 3.71. The largest absolute Gasteiger partial charge is 0.507 e. The van der Waals surface area contributed by atoms with Gasteiger partial charge in [0.05, 0.1) is 11.3 Å². The third kappa shape index (κ3) is 4.38. The second-order valence-electron chi connectivity index (χ2n) is 6.99. The number of Topliss-reactive ketones (excluding diaryl/α,β-unsaturated/α-hetero) is 1. The zero-order chi connectivity index (χ0) is 20.8. The van der Waals surface area contributed by atoms with Crippen molar-refractivity contribution in [3.05, 3.63) is 71.6 Å². The van der Waals surface area contributed by atoms with Gasteiger partial charge in [0.1, 0.15) is 11.8 Å². The lowest BCUT2D eigenvalue weighted by atomic mass is 9.98. The van der Waals surface area contributed by atoms with Crippen LogP contribution in [-0.4, -0.2) is 57.8 Å².